The molecule has 5 N–H and O–H groups in total. The largest absolute Gasteiger partial charge is 0.496 e. The molecule has 290 valence electrons. The number of aromatic nitrogens is 2. The number of hydrogen-bond acceptors (Lipinski definition) is 9. The topological polar surface area (TPSA) is 139 Å². The van der Waals surface area contributed by atoms with Crippen molar-refractivity contribution in [2.24, 2.45) is 0 Å². The van der Waals surface area contributed by atoms with Crippen LogP contribution in [0.1, 0.15) is 72.4 Å². The van der Waals surface area contributed by atoms with Gasteiger partial charge >= 0.3 is 6.18 Å². The minimum absolute atomic E-state index is 0.0330. The number of hydrogen-bond donors (Lipinski definition) is 5. The summed E-state index contributed by atoms with van der Waals surface area (Å²) in [7, 11) is 2.98. The van der Waals surface area contributed by atoms with E-state index in [1.54, 1.807) is 13.3 Å². The van der Waals surface area contributed by atoms with Crippen molar-refractivity contribution >= 4 is 29.2 Å². The van der Waals surface area contributed by atoms with Gasteiger partial charge < -0.3 is 30.7 Å². The third-order valence-corrected chi connectivity index (χ3v) is 10.8. The fraction of sp³-hybridized carbons (Fsp3) is 0.400. The molecule has 2 aliphatic heterocycles. The van der Waals surface area contributed by atoms with E-state index in [1.165, 1.54) is 7.11 Å². The lowest BCUT2D eigenvalue weighted by Crippen LogP contribution is -2.38. The van der Waals surface area contributed by atoms with Crippen LogP contribution in [0.2, 0.25) is 5.02 Å². The van der Waals surface area contributed by atoms with Crippen molar-refractivity contribution in [1.29, 1.82) is 0 Å². The zero-order chi connectivity index (χ0) is 38.7. The van der Waals surface area contributed by atoms with Crippen molar-refractivity contribution in [1.82, 2.24) is 31.2 Å². The Morgan fingerprint density at radius 3 is 2.45 bits per heavy atom. The molecule has 55 heavy (non-hydrogen) atoms. The van der Waals surface area contributed by atoms with Crippen LogP contribution in [0.4, 0.5) is 19.0 Å². The molecule has 0 radical (unpaired) electrons. The lowest BCUT2D eigenvalue weighted by Gasteiger charge is -2.30. The molecular weight excluding hydrogens is 735 g/mol. The summed E-state index contributed by atoms with van der Waals surface area (Å²) in [5, 5.41) is 15.8. The fourth-order valence-electron chi connectivity index (χ4n) is 7.69. The number of pyridine rings is 2. The average Bonchev–Trinajstić information content (AvgIpc) is 3.80. The first-order chi connectivity index (χ1) is 26.5. The van der Waals surface area contributed by atoms with Crippen LogP contribution in [0.15, 0.2) is 54.7 Å². The molecule has 4 aromatic rings. The number of carbonyl (C=O) groups is 2. The Morgan fingerprint density at radius 2 is 1.73 bits per heavy atom. The van der Waals surface area contributed by atoms with Gasteiger partial charge in [0, 0.05) is 67.0 Å². The van der Waals surface area contributed by atoms with Gasteiger partial charge in [0.2, 0.25) is 17.7 Å². The van der Waals surface area contributed by atoms with Crippen molar-refractivity contribution in [2.75, 3.05) is 26.1 Å². The van der Waals surface area contributed by atoms with E-state index in [0.29, 0.717) is 61.7 Å². The second-order valence-electron chi connectivity index (χ2n) is 14.0. The van der Waals surface area contributed by atoms with E-state index in [-0.39, 0.29) is 47.8 Å². The number of methoxy groups -OCH3 is 2. The summed E-state index contributed by atoms with van der Waals surface area (Å²) in [6.45, 7) is 1.24. The van der Waals surface area contributed by atoms with E-state index in [1.807, 2.05) is 42.5 Å². The molecule has 2 amide bonds. The molecule has 0 saturated carbocycles. The van der Waals surface area contributed by atoms with Crippen LogP contribution in [0.3, 0.4) is 0 Å². The van der Waals surface area contributed by atoms with Crippen molar-refractivity contribution in [3.05, 3.63) is 87.6 Å². The van der Waals surface area contributed by atoms with Crippen LogP contribution < -0.4 is 36.1 Å². The molecule has 15 heteroatoms. The molecular formula is C40H43ClF3N7O4. The maximum absolute atomic E-state index is 14.6. The minimum atomic E-state index is -4.69. The normalized spacial score (nSPS) is 19.5. The molecule has 4 heterocycles. The van der Waals surface area contributed by atoms with Crippen LogP contribution in [0.25, 0.3) is 22.4 Å². The van der Waals surface area contributed by atoms with E-state index >= 15 is 0 Å². The highest BCUT2D eigenvalue weighted by atomic mass is 35.5. The number of nitrogens with zero attached hydrogens (tertiary/aromatic N) is 2. The van der Waals surface area contributed by atoms with E-state index in [2.05, 4.69) is 36.6 Å². The number of rotatable bonds is 13. The zero-order valence-electron chi connectivity index (χ0n) is 30.5. The highest BCUT2D eigenvalue weighted by Crippen LogP contribution is 2.44. The predicted octanol–water partition coefficient (Wildman–Crippen LogP) is 6.68. The fourth-order valence-corrected chi connectivity index (χ4v) is 8.01. The Bertz CT molecular complexity index is 2080. The van der Waals surface area contributed by atoms with Gasteiger partial charge in [-0.05, 0) is 67.0 Å². The first-order valence-corrected chi connectivity index (χ1v) is 18.8. The molecule has 0 spiro atoms. The summed E-state index contributed by atoms with van der Waals surface area (Å²) >= 11 is 7.14. The first kappa shape index (κ1) is 38.4. The number of carbonyl (C=O) groups excluding carboxylic acids is 2. The van der Waals surface area contributed by atoms with Gasteiger partial charge in [-0.1, -0.05) is 41.9 Å². The number of alkyl halides is 3. The quantitative estimate of drug-likeness (QED) is 0.101. The van der Waals surface area contributed by atoms with Gasteiger partial charge in [-0.2, -0.15) is 18.2 Å². The maximum atomic E-state index is 14.6. The van der Waals surface area contributed by atoms with Crippen molar-refractivity contribution in [3.63, 3.8) is 0 Å². The van der Waals surface area contributed by atoms with Gasteiger partial charge in [0.1, 0.15) is 11.6 Å². The van der Waals surface area contributed by atoms with Gasteiger partial charge in [0.15, 0.2) is 0 Å². The summed E-state index contributed by atoms with van der Waals surface area (Å²) in [5.41, 5.74) is 5.12. The van der Waals surface area contributed by atoms with E-state index in [4.69, 9.17) is 21.1 Å². The number of ether oxygens (including phenoxy) is 2. The molecule has 1 aliphatic carbocycles. The number of fused-ring (bicyclic) bond motifs is 1. The standard InChI is InChI=1S/C40H43ClF3N7O4/c1-54-32-18-22(9-10-23(32)19-45-21-25-11-13-34(52)48-25)37-36(41)29(15-16-46-37)27-5-3-7-28-26(27)6-4-8-31(28)49-38-30(40(42,43)44)17-24(39(51-38)55-2)20-47-33-12-14-35(53)50-33/h3,5,7,9-10,15-18,25,31,33,45,47H,4,6,8,11-14,19-21H2,1-2H3,(H,48,52)(H,49,51)(H,50,53)/t25?,31-,33?/m0/s1. The number of nitrogens with one attached hydrogen (secondary N) is 5. The summed E-state index contributed by atoms with van der Waals surface area (Å²) in [6.07, 6.45) is 0.967. The Hall–Kier alpha value is -4.92. The number of anilines is 1. The molecule has 7 rings (SSSR count). The summed E-state index contributed by atoms with van der Waals surface area (Å²) < 4.78 is 54.9. The van der Waals surface area contributed by atoms with Gasteiger partial charge in [0.05, 0.1) is 42.7 Å². The first-order valence-electron chi connectivity index (χ1n) is 18.4. The predicted molar refractivity (Wildman–Crippen MR) is 203 cm³/mol. The molecule has 2 unspecified atom stereocenters. The molecule has 2 aromatic carbocycles. The summed E-state index contributed by atoms with van der Waals surface area (Å²) in [6, 6.07) is 14.2. The van der Waals surface area contributed by atoms with E-state index < -0.39 is 17.8 Å². The minimum Gasteiger partial charge on any atom is -0.496 e. The van der Waals surface area contributed by atoms with Crippen LogP contribution in [0, 0.1) is 0 Å². The lowest BCUT2D eigenvalue weighted by molar-refractivity contribution is -0.137. The van der Waals surface area contributed by atoms with E-state index in [9.17, 15) is 22.8 Å². The maximum Gasteiger partial charge on any atom is 0.419 e. The third-order valence-electron chi connectivity index (χ3n) is 10.4. The van der Waals surface area contributed by atoms with Crippen LogP contribution in [-0.4, -0.2) is 54.8 Å². The van der Waals surface area contributed by atoms with Gasteiger partial charge in [-0.25, -0.2) is 0 Å². The lowest BCUT2D eigenvalue weighted by atomic mass is 9.83. The van der Waals surface area contributed by atoms with Crippen LogP contribution in [0.5, 0.6) is 11.6 Å². The molecule has 2 aromatic heterocycles. The molecule has 3 aliphatic rings. The Balaban J connectivity index is 1.14. The molecule has 2 fully saturated rings. The van der Waals surface area contributed by atoms with Crippen molar-refractivity contribution < 1.29 is 32.2 Å². The highest BCUT2D eigenvalue weighted by molar-refractivity contribution is 6.35. The second kappa shape index (κ2) is 16.4. The number of halogens is 4. The van der Waals surface area contributed by atoms with Crippen molar-refractivity contribution in [2.45, 2.75) is 82.5 Å². The van der Waals surface area contributed by atoms with Gasteiger partial charge in [-0.3, -0.25) is 19.9 Å². The highest BCUT2D eigenvalue weighted by Gasteiger charge is 2.37. The second-order valence-corrected chi connectivity index (χ2v) is 14.4. The molecule has 2 saturated heterocycles. The van der Waals surface area contributed by atoms with Crippen molar-refractivity contribution in [3.8, 4) is 34.0 Å². The van der Waals surface area contributed by atoms with Crippen LogP contribution >= 0.6 is 11.6 Å². The number of amides is 2. The molecule has 11 nitrogen and oxygen atoms in total. The molecule has 0 bridgehead atoms. The third kappa shape index (κ3) is 8.51. The average molecular weight is 778 g/mol. The van der Waals surface area contributed by atoms with E-state index in [0.717, 1.165) is 52.3 Å². The monoisotopic (exact) mass is 777 g/mol. The smallest absolute Gasteiger partial charge is 0.419 e. The summed E-state index contributed by atoms with van der Waals surface area (Å²) in [5.74, 6) is 0.394. The molecule has 3 atom stereocenters. The van der Waals surface area contributed by atoms with Gasteiger partial charge in [0.25, 0.3) is 0 Å². The van der Waals surface area contributed by atoms with Crippen LogP contribution in [-0.2, 0) is 35.3 Å². The Labute approximate surface area is 322 Å². The summed E-state index contributed by atoms with van der Waals surface area (Å²) in [4.78, 5) is 32.1. The Kier molecular flexibility index (Phi) is 11.5. The zero-order valence-corrected chi connectivity index (χ0v) is 31.3. The number of benzene rings is 2. The Morgan fingerprint density at radius 1 is 0.909 bits per heavy atom. The SMILES string of the molecule is COc1cc(-c2nccc(-c3cccc4c3CCC[C@@H]4Nc3nc(OC)c(CNC4CCC(=O)N4)cc3C(F)(F)F)c2Cl)ccc1CNCC1CCC(=O)N1. The van der Waals surface area contributed by atoms with Gasteiger partial charge in [-0.15, -0.1) is 0 Å².